The Kier molecular flexibility index (Phi) is 34.1. The van der Waals surface area contributed by atoms with E-state index >= 15 is 0 Å². The summed E-state index contributed by atoms with van der Waals surface area (Å²) in [4.78, 5) is 162. The van der Waals surface area contributed by atoms with Crippen LogP contribution in [0.4, 0.5) is 0 Å². The fourth-order valence-corrected chi connectivity index (χ4v) is 10.3. The van der Waals surface area contributed by atoms with Gasteiger partial charge in [-0.3, -0.25) is 52.7 Å². The zero-order valence-electron chi connectivity index (χ0n) is 56.3. The number of hydrogen-bond donors (Lipinski definition) is 5. The molecule has 0 radical (unpaired) electrons. The first kappa shape index (κ1) is 78.9. The average molecular weight is 1200 g/mol. The summed E-state index contributed by atoms with van der Waals surface area (Å²) < 4.78 is 0. The van der Waals surface area contributed by atoms with Crippen LogP contribution in [-0.4, -0.2) is 221 Å². The van der Waals surface area contributed by atoms with Gasteiger partial charge in [-0.1, -0.05) is 109 Å². The number of nitrogens with two attached hydrogens (primary N) is 1. The van der Waals surface area contributed by atoms with E-state index in [2.05, 4.69) is 16.0 Å². The Hall–Kier alpha value is -6.13. The van der Waals surface area contributed by atoms with E-state index in [0.717, 1.165) is 4.90 Å². The number of allylic oxidation sites excluding steroid dienone is 2. The largest absolute Gasteiger partial charge is 0.390 e. The number of carbonyl (C=O) groups excluding carboxylic acids is 11. The molecule has 23 nitrogen and oxygen atoms in total. The molecule has 0 aliphatic carbocycles. The number of hydrogen-bond acceptors (Lipinski definition) is 12. The molecule has 85 heavy (non-hydrogen) atoms. The summed E-state index contributed by atoms with van der Waals surface area (Å²) in [5, 5.41) is 19.5. The van der Waals surface area contributed by atoms with E-state index in [1.807, 2.05) is 81.4 Å². The van der Waals surface area contributed by atoms with E-state index in [4.69, 9.17) is 5.73 Å². The minimum Gasteiger partial charge on any atom is -0.390 e. The lowest BCUT2D eigenvalue weighted by Crippen LogP contribution is -2.62. The smallest absolute Gasteiger partial charge is 0.246 e. The van der Waals surface area contributed by atoms with E-state index in [0.29, 0.717) is 12.8 Å². The Morgan fingerprint density at radius 2 is 0.859 bits per heavy atom. The molecule has 6 N–H and O–H groups in total. The summed E-state index contributed by atoms with van der Waals surface area (Å²) in [5.41, 5.74) is 5.79. The van der Waals surface area contributed by atoms with Crippen molar-refractivity contribution in [3.63, 3.8) is 0 Å². The van der Waals surface area contributed by atoms with Crippen LogP contribution in [0.25, 0.3) is 0 Å². The van der Waals surface area contributed by atoms with Gasteiger partial charge in [0.25, 0.3) is 0 Å². The first-order valence-corrected chi connectivity index (χ1v) is 30.5. The second kappa shape index (κ2) is 36.8. The number of amides is 11. The SMILES string of the molecule is C/C=C/C[C@@H](C)[C@@H](O)C(C(N)=O)N(C)C(=O)[C@H](C(C)C)N(C)C(=O)[C@H](CC(C)C)N(C)C(=O)[C@H](CC(C)C)N(C)C(=O)[C@@H](C)NC(=O)[C@H](C)NC(=O)[C@H](CC(C)C)N(C)C(=O)[C@@H](NC(=O)[C@H](CC(C)C)N(C)C(=O)CN(C)C(=O)CCC)C(C)C. The second-order valence-corrected chi connectivity index (χ2v) is 25.8. The van der Waals surface area contributed by atoms with Crippen LogP contribution in [0.1, 0.15) is 163 Å². The predicted octanol–water partition coefficient (Wildman–Crippen LogP) is 3.65. The van der Waals surface area contributed by atoms with Crippen molar-refractivity contribution >= 4 is 65.0 Å². The molecule has 11 amide bonds. The number of carbonyl (C=O) groups is 11. The van der Waals surface area contributed by atoms with Gasteiger partial charge in [0.1, 0.15) is 54.4 Å². The minimum absolute atomic E-state index is 0.0320. The van der Waals surface area contributed by atoms with Crippen molar-refractivity contribution in [2.45, 2.75) is 223 Å². The fourth-order valence-electron chi connectivity index (χ4n) is 10.3. The first-order valence-electron chi connectivity index (χ1n) is 30.5. The van der Waals surface area contributed by atoms with Crippen molar-refractivity contribution < 1.29 is 57.8 Å². The molecule has 0 rings (SSSR count). The zero-order chi connectivity index (χ0) is 66.4. The van der Waals surface area contributed by atoms with Gasteiger partial charge in [-0.05, 0) is 101 Å². The molecule has 0 aliphatic rings. The summed E-state index contributed by atoms with van der Waals surface area (Å²) >= 11 is 0. The maximum Gasteiger partial charge on any atom is 0.246 e. The molecule has 0 saturated carbocycles. The molecule has 1 unspecified atom stereocenters. The van der Waals surface area contributed by atoms with E-state index in [1.165, 1.54) is 92.6 Å². The van der Waals surface area contributed by atoms with Gasteiger partial charge < -0.3 is 61.1 Å². The molecule has 0 aliphatic heterocycles. The zero-order valence-corrected chi connectivity index (χ0v) is 56.3. The summed E-state index contributed by atoms with van der Waals surface area (Å²) in [6.45, 7) is 30.0. The molecule has 0 aromatic carbocycles. The van der Waals surface area contributed by atoms with Gasteiger partial charge >= 0.3 is 0 Å². The number of rotatable bonds is 36. The molecule has 0 heterocycles. The maximum atomic E-state index is 14.8. The third-order valence-corrected chi connectivity index (χ3v) is 15.6. The number of likely N-dealkylation sites (N-methyl/N-ethyl adjacent to an activating group) is 7. The van der Waals surface area contributed by atoms with Crippen LogP contribution in [0.2, 0.25) is 0 Å². The molecular weight excluding hydrogens is 1090 g/mol. The Balaban J connectivity index is 6.71. The van der Waals surface area contributed by atoms with Crippen molar-refractivity contribution in [3.05, 3.63) is 12.2 Å². The quantitative estimate of drug-likeness (QED) is 0.0562. The van der Waals surface area contributed by atoms with Crippen LogP contribution < -0.4 is 21.7 Å². The summed E-state index contributed by atoms with van der Waals surface area (Å²) in [6.07, 6.45) is 4.41. The Labute approximate surface area is 509 Å². The second-order valence-electron chi connectivity index (χ2n) is 25.8. The number of aliphatic hydroxyl groups excluding tert-OH is 1. The predicted molar refractivity (Wildman–Crippen MR) is 330 cm³/mol. The van der Waals surface area contributed by atoms with Gasteiger partial charge in [-0.15, -0.1) is 0 Å². The molecule has 0 saturated heterocycles. The van der Waals surface area contributed by atoms with Crippen molar-refractivity contribution in [1.29, 1.82) is 0 Å². The molecular formula is C62H113N11O12. The molecule has 0 aromatic heterocycles. The number of primary amides is 1. The lowest BCUT2D eigenvalue weighted by molar-refractivity contribution is -0.157. The minimum atomic E-state index is -1.40. The van der Waals surface area contributed by atoms with E-state index in [1.54, 1.807) is 34.6 Å². The van der Waals surface area contributed by atoms with Gasteiger partial charge in [0.05, 0.1) is 12.6 Å². The molecule has 0 aromatic rings. The molecule has 0 bridgehead atoms. The highest BCUT2D eigenvalue weighted by atomic mass is 16.3. The molecule has 488 valence electrons. The van der Waals surface area contributed by atoms with E-state index < -0.39 is 137 Å². The van der Waals surface area contributed by atoms with Crippen molar-refractivity contribution in [3.8, 4) is 0 Å². The Bertz CT molecular complexity index is 2270. The highest BCUT2D eigenvalue weighted by molar-refractivity contribution is 5.98. The monoisotopic (exact) mass is 1200 g/mol. The van der Waals surface area contributed by atoms with Crippen molar-refractivity contribution in [2.24, 2.45) is 47.2 Å². The van der Waals surface area contributed by atoms with Crippen LogP contribution in [0.15, 0.2) is 12.2 Å². The standard InChI is InChI=1S/C62H113N11O12/c1-25-27-29-41(15)53(76)52(54(63)77)73(24)62(85)51(40(13)14)72(23)60(83)47(33-38(9)10)71(22)59(82)46(32-37(7)8)70(21)58(81)43(17)65-55(78)42(16)64-56(79)45(31-36(5)6)69(20)61(84)50(39(11)12)66-57(80)44(30-35(3)4)68(19)49(75)34-67(18)48(74)28-26-2/h25,27,35-47,50-53,76H,26,28-34H2,1-24H3,(H2,63,77)(H,64,79)(H,65,78)(H,66,80)/b27-25+/t41-,42+,43-,44+,45+,46+,47+,50+,51+,52?,53-/m1/s1. The highest BCUT2D eigenvalue weighted by Gasteiger charge is 2.44. The Morgan fingerprint density at radius 3 is 1.28 bits per heavy atom. The highest BCUT2D eigenvalue weighted by Crippen LogP contribution is 2.25. The van der Waals surface area contributed by atoms with E-state index in [-0.39, 0.29) is 68.2 Å². The molecule has 11 atom stereocenters. The normalized spacial score (nSPS) is 15.7. The fraction of sp³-hybridized carbons (Fsp3) is 0.790. The van der Waals surface area contributed by atoms with Crippen molar-refractivity contribution in [2.75, 3.05) is 55.9 Å². The van der Waals surface area contributed by atoms with Crippen molar-refractivity contribution in [1.82, 2.24) is 50.2 Å². The topological polar surface area (TPSA) is 293 Å². The third-order valence-electron chi connectivity index (χ3n) is 15.6. The van der Waals surface area contributed by atoms with Crippen LogP contribution >= 0.6 is 0 Å². The number of nitrogens with one attached hydrogen (secondary N) is 3. The van der Waals surface area contributed by atoms with E-state index in [9.17, 15) is 57.8 Å². The summed E-state index contributed by atoms with van der Waals surface area (Å²) in [5.74, 6) is -8.37. The van der Waals surface area contributed by atoms with Gasteiger partial charge in [0.2, 0.25) is 65.0 Å². The molecule has 0 fully saturated rings. The number of nitrogens with zero attached hydrogens (tertiary/aromatic N) is 7. The Morgan fingerprint density at radius 1 is 0.459 bits per heavy atom. The van der Waals surface area contributed by atoms with Crippen LogP contribution in [0, 0.1) is 41.4 Å². The first-order chi connectivity index (χ1) is 39.1. The number of aliphatic hydroxyl groups is 1. The van der Waals surface area contributed by atoms with Gasteiger partial charge in [-0.2, -0.15) is 0 Å². The third kappa shape index (κ3) is 23.9. The summed E-state index contributed by atoms with van der Waals surface area (Å²) in [7, 11) is 10.2. The van der Waals surface area contributed by atoms with Crippen LogP contribution in [0.5, 0.6) is 0 Å². The van der Waals surface area contributed by atoms with Crippen LogP contribution in [0.3, 0.4) is 0 Å². The average Bonchev–Trinajstić information content (AvgIpc) is 2.50. The summed E-state index contributed by atoms with van der Waals surface area (Å²) in [6, 6.07) is -10.5. The van der Waals surface area contributed by atoms with Gasteiger partial charge in [0, 0.05) is 55.8 Å². The molecule has 0 spiro atoms. The maximum absolute atomic E-state index is 14.8. The lowest BCUT2D eigenvalue weighted by Gasteiger charge is -2.41. The molecule has 23 heteroatoms. The lowest BCUT2D eigenvalue weighted by atomic mass is 9.92. The van der Waals surface area contributed by atoms with Gasteiger partial charge in [-0.25, -0.2) is 0 Å². The van der Waals surface area contributed by atoms with Gasteiger partial charge in [0.15, 0.2) is 0 Å². The van der Waals surface area contributed by atoms with Crippen LogP contribution in [-0.2, 0) is 52.7 Å².